The zero-order valence-electron chi connectivity index (χ0n) is 30.4. The van der Waals surface area contributed by atoms with E-state index in [9.17, 15) is 0 Å². The van der Waals surface area contributed by atoms with Gasteiger partial charge in [-0.2, -0.15) is 0 Å². The van der Waals surface area contributed by atoms with Gasteiger partial charge in [-0.15, -0.1) is 0 Å². The van der Waals surface area contributed by atoms with Gasteiger partial charge in [-0.1, -0.05) is 111 Å². The number of anilines is 6. The van der Waals surface area contributed by atoms with E-state index in [1.807, 2.05) is 0 Å². The van der Waals surface area contributed by atoms with Crippen molar-refractivity contribution in [1.29, 1.82) is 0 Å². The predicted molar refractivity (Wildman–Crippen MR) is 208 cm³/mol. The van der Waals surface area contributed by atoms with Crippen molar-refractivity contribution < 1.29 is 9.47 Å². The van der Waals surface area contributed by atoms with Crippen LogP contribution >= 0.6 is 0 Å². The molecule has 8 rings (SSSR count). The van der Waals surface area contributed by atoms with E-state index in [1.54, 1.807) is 0 Å². The molecule has 0 radical (unpaired) electrons. The van der Waals surface area contributed by atoms with Gasteiger partial charge in [0.25, 0.3) is 6.71 Å². The van der Waals surface area contributed by atoms with Crippen LogP contribution < -0.4 is 35.7 Å². The van der Waals surface area contributed by atoms with Crippen molar-refractivity contribution in [2.75, 3.05) is 23.0 Å². The van der Waals surface area contributed by atoms with E-state index in [0.717, 1.165) is 22.9 Å². The molecule has 4 nitrogen and oxygen atoms in total. The lowest BCUT2D eigenvalue weighted by Gasteiger charge is -2.46. The molecule has 5 aromatic rings. The van der Waals surface area contributed by atoms with Crippen LogP contribution in [0.5, 0.6) is 11.5 Å². The van der Waals surface area contributed by atoms with Crippen molar-refractivity contribution in [3.05, 3.63) is 114 Å². The molecule has 0 unspecified atom stereocenters. The highest BCUT2D eigenvalue weighted by atomic mass is 16.6. The minimum Gasteiger partial charge on any atom is -0.486 e. The molecular weight excluding hydrogens is 599 g/mol. The third kappa shape index (κ3) is 5.12. The Morgan fingerprint density at radius 2 is 1.10 bits per heavy atom. The first-order valence-electron chi connectivity index (χ1n) is 17.7. The summed E-state index contributed by atoms with van der Waals surface area (Å²) < 4.78 is 12.8. The summed E-state index contributed by atoms with van der Waals surface area (Å²) in [4.78, 5) is 4.96. The summed E-state index contributed by atoms with van der Waals surface area (Å²) in [5.41, 5.74) is 14.8. The van der Waals surface area contributed by atoms with Crippen molar-refractivity contribution in [3.63, 3.8) is 0 Å². The van der Waals surface area contributed by atoms with E-state index < -0.39 is 0 Å². The average Bonchev–Trinajstić information content (AvgIpc) is 3.07. The molecule has 0 saturated heterocycles. The fourth-order valence-corrected chi connectivity index (χ4v) is 7.72. The SMILES string of the molecule is CC(C)(C)c1ccc(N2c3ccc(C(C)(C)C)cc3B3c4ccc5c(c4N(c4ccccc4)c4cc(C(C)(C)C)cc2c43)OCCO5)cc1. The highest BCUT2D eigenvalue weighted by Gasteiger charge is 2.46. The van der Waals surface area contributed by atoms with E-state index in [1.165, 1.54) is 55.8 Å². The molecule has 3 aliphatic heterocycles. The Labute approximate surface area is 292 Å². The summed E-state index contributed by atoms with van der Waals surface area (Å²) in [6.07, 6.45) is 0. The number of hydrogen-bond donors (Lipinski definition) is 0. The summed E-state index contributed by atoms with van der Waals surface area (Å²) >= 11 is 0. The molecule has 0 aliphatic carbocycles. The first-order valence-corrected chi connectivity index (χ1v) is 17.7. The van der Waals surface area contributed by atoms with Gasteiger partial charge in [0, 0.05) is 28.4 Å². The molecule has 0 fully saturated rings. The van der Waals surface area contributed by atoms with Crippen molar-refractivity contribution in [2.24, 2.45) is 0 Å². The summed E-state index contributed by atoms with van der Waals surface area (Å²) in [6, 6.07) is 36.5. The van der Waals surface area contributed by atoms with Gasteiger partial charge in [0.2, 0.25) is 0 Å². The normalized spacial score (nSPS) is 15.1. The van der Waals surface area contributed by atoms with Crippen molar-refractivity contribution in [3.8, 4) is 11.5 Å². The van der Waals surface area contributed by atoms with E-state index in [2.05, 4.69) is 169 Å². The lowest BCUT2D eigenvalue weighted by molar-refractivity contribution is 0.172. The fraction of sp³-hybridized carbons (Fsp3) is 0.318. The van der Waals surface area contributed by atoms with Crippen LogP contribution in [0.15, 0.2) is 97.1 Å². The van der Waals surface area contributed by atoms with Gasteiger partial charge in [-0.3, -0.25) is 0 Å². The van der Waals surface area contributed by atoms with Crippen LogP contribution in [0.4, 0.5) is 34.1 Å². The molecule has 248 valence electrons. The fourth-order valence-electron chi connectivity index (χ4n) is 7.72. The van der Waals surface area contributed by atoms with Crippen molar-refractivity contribution >= 4 is 57.2 Å². The zero-order valence-corrected chi connectivity index (χ0v) is 30.4. The van der Waals surface area contributed by atoms with E-state index in [0.29, 0.717) is 13.2 Å². The quantitative estimate of drug-likeness (QED) is 0.175. The van der Waals surface area contributed by atoms with Gasteiger partial charge < -0.3 is 19.3 Å². The Balaban J connectivity index is 1.50. The lowest BCUT2D eigenvalue weighted by Crippen LogP contribution is -2.61. The highest BCUT2D eigenvalue weighted by Crippen LogP contribution is 2.50. The molecule has 0 amide bonds. The minimum absolute atomic E-state index is 0.00616. The summed E-state index contributed by atoms with van der Waals surface area (Å²) in [5.74, 6) is 1.64. The Morgan fingerprint density at radius 1 is 0.510 bits per heavy atom. The molecule has 3 heterocycles. The number of fused-ring (bicyclic) bond motifs is 6. The summed E-state index contributed by atoms with van der Waals surface area (Å²) in [7, 11) is 0. The van der Waals surface area contributed by atoms with Crippen LogP contribution in [0.3, 0.4) is 0 Å². The number of rotatable bonds is 2. The Bertz CT molecular complexity index is 2080. The number of benzene rings is 5. The molecule has 0 bridgehead atoms. The van der Waals surface area contributed by atoms with Gasteiger partial charge in [-0.25, -0.2) is 0 Å². The molecule has 0 N–H and O–H groups in total. The Hall–Kier alpha value is -4.64. The highest BCUT2D eigenvalue weighted by molar-refractivity contribution is 7.00. The largest absolute Gasteiger partial charge is 0.486 e. The minimum atomic E-state index is -0.0858. The number of hydrogen-bond acceptors (Lipinski definition) is 4. The second-order valence-corrected chi connectivity index (χ2v) is 17.0. The Morgan fingerprint density at radius 3 is 1.76 bits per heavy atom. The first kappa shape index (κ1) is 31.6. The second kappa shape index (κ2) is 10.9. The van der Waals surface area contributed by atoms with Crippen LogP contribution in [0.25, 0.3) is 0 Å². The van der Waals surface area contributed by atoms with Crippen LogP contribution in [0.1, 0.15) is 79.0 Å². The molecule has 49 heavy (non-hydrogen) atoms. The standard InChI is InChI=1S/C44H47BN2O2/c1-42(2,3)28-15-18-32(19-16-28)46-35-21-17-29(43(4,5)6)25-34(35)45-33-20-22-38-41(49-24-23-48-38)40(33)47(31-13-11-10-12-14-31)37-27-30(44(7,8)9)26-36(46)39(37)45/h10-22,25-27H,23-24H2,1-9H3. The van der Waals surface area contributed by atoms with Crippen LogP contribution in [0, 0.1) is 0 Å². The maximum atomic E-state index is 6.55. The van der Waals surface area contributed by atoms with Crippen molar-refractivity contribution in [2.45, 2.75) is 78.6 Å². The van der Waals surface area contributed by atoms with Crippen LogP contribution in [0.2, 0.25) is 0 Å². The summed E-state index contributed by atoms with van der Waals surface area (Å²) in [6.45, 7) is 21.8. The van der Waals surface area contributed by atoms with Gasteiger partial charge in [0.05, 0.1) is 5.69 Å². The predicted octanol–water partition coefficient (Wildman–Crippen LogP) is 9.43. The smallest absolute Gasteiger partial charge is 0.252 e. The third-order valence-corrected chi connectivity index (χ3v) is 10.5. The maximum Gasteiger partial charge on any atom is 0.252 e. The van der Waals surface area contributed by atoms with E-state index in [-0.39, 0.29) is 23.0 Å². The molecule has 0 saturated carbocycles. The molecule has 5 heteroatoms. The maximum absolute atomic E-state index is 6.55. The van der Waals surface area contributed by atoms with Crippen LogP contribution in [-0.4, -0.2) is 19.9 Å². The topological polar surface area (TPSA) is 24.9 Å². The van der Waals surface area contributed by atoms with E-state index >= 15 is 0 Å². The molecule has 0 aromatic heterocycles. The summed E-state index contributed by atoms with van der Waals surface area (Å²) in [5, 5.41) is 0. The molecule has 3 aliphatic rings. The van der Waals surface area contributed by atoms with Gasteiger partial charge in [0.1, 0.15) is 13.2 Å². The number of ether oxygens (including phenoxy) is 2. The molecule has 5 aromatic carbocycles. The van der Waals surface area contributed by atoms with E-state index in [4.69, 9.17) is 9.47 Å². The van der Waals surface area contributed by atoms with Crippen LogP contribution in [-0.2, 0) is 16.2 Å². The Kier molecular flexibility index (Phi) is 7.06. The second-order valence-electron chi connectivity index (χ2n) is 17.0. The third-order valence-electron chi connectivity index (χ3n) is 10.5. The average molecular weight is 647 g/mol. The van der Waals surface area contributed by atoms with Gasteiger partial charge >= 0.3 is 0 Å². The lowest BCUT2D eigenvalue weighted by atomic mass is 9.33. The van der Waals surface area contributed by atoms with Gasteiger partial charge in [-0.05, 0) is 97.9 Å². The zero-order chi connectivity index (χ0) is 34.5. The first-order chi connectivity index (χ1) is 23.2. The van der Waals surface area contributed by atoms with Gasteiger partial charge in [0.15, 0.2) is 11.5 Å². The monoisotopic (exact) mass is 646 g/mol. The number of para-hydroxylation sites is 1. The van der Waals surface area contributed by atoms with Crippen molar-refractivity contribution in [1.82, 2.24) is 0 Å². The molecule has 0 spiro atoms. The number of nitrogens with zero attached hydrogens (tertiary/aromatic N) is 2. The molecule has 0 atom stereocenters. The molecular formula is C44H47BN2O2.